The third-order valence-electron chi connectivity index (χ3n) is 2.02. The van der Waals surface area contributed by atoms with Gasteiger partial charge in [0.1, 0.15) is 0 Å². The lowest BCUT2D eigenvalue weighted by Gasteiger charge is -1.98. The molecule has 1 aromatic carbocycles. The number of nitrogens with one attached hydrogen (secondary N) is 1. The normalized spacial score (nSPS) is 12.9. The highest BCUT2D eigenvalue weighted by Crippen LogP contribution is 2.27. The van der Waals surface area contributed by atoms with Crippen molar-refractivity contribution in [2.45, 2.75) is 0 Å². The number of halogens is 1. The van der Waals surface area contributed by atoms with Crippen LogP contribution in [0.4, 0.5) is 5.13 Å². The predicted molar refractivity (Wildman–Crippen MR) is 74.7 cm³/mol. The third kappa shape index (κ3) is 3.02. The zero-order chi connectivity index (χ0) is 11.5. The number of hydrogen-bond donors (Lipinski definition) is 1. The fourth-order valence-corrected chi connectivity index (χ4v) is 2.89. The molecule has 1 atom stereocenters. The van der Waals surface area contributed by atoms with E-state index >= 15 is 0 Å². The minimum Gasteiger partial charge on any atom is -0.361 e. The summed E-state index contributed by atoms with van der Waals surface area (Å²) in [4.78, 5) is 4.45. The molecule has 0 bridgehead atoms. The summed E-state index contributed by atoms with van der Waals surface area (Å²) in [6, 6.07) is 6.04. The van der Waals surface area contributed by atoms with Crippen molar-refractivity contribution in [1.82, 2.24) is 4.98 Å². The van der Waals surface area contributed by atoms with Gasteiger partial charge in [-0.05, 0) is 18.2 Å². The highest BCUT2D eigenvalue weighted by atomic mass is 79.9. The molecule has 6 heteroatoms. The second-order valence-electron chi connectivity index (χ2n) is 3.34. The van der Waals surface area contributed by atoms with Crippen LogP contribution in [-0.2, 0) is 10.8 Å². The lowest BCUT2D eigenvalue weighted by molar-refractivity contribution is 0.687. The lowest BCUT2D eigenvalue weighted by Crippen LogP contribution is -2.09. The highest BCUT2D eigenvalue weighted by Gasteiger charge is 2.03. The highest BCUT2D eigenvalue weighted by molar-refractivity contribution is 9.10. The summed E-state index contributed by atoms with van der Waals surface area (Å²) in [6.45, 7) is 0.699. The molecule has 0 fully saturated rings. The number of anilines is 1. The van der Waals surface area contributed by atoms with Gasteiger partial charge in [-0.3, -0.25) is 4.21 Å². The molecule has 86 valence electrons. The molecule has 2 aromatic rings. The number of thiazole rings is 1. The van der Waals surface area contributed by atoms with Gasteiger partial charge in [-0.25, -0.2) is 4.98 Å². The molecular formula is C10H11BrN2OS2. The van der Waals surface area contributed by atoms with Crippen LogP contribution in [0.1, 0.15) is 0 Å². The minimum absolute atomic E-state index is 0.652. The van der Waals surface area contributed by atoms with Gasteiger partial charge in [0.15, 0.2) is 5.13 Å². The Morgan fingerprint density at radius 2 is 2.38 bits per heavy atom. The van der Waals surface area contributed by atoms with Gasteiger partial charge >= 0.3 is 0 Å². The molecule has 0 aliphatic heterocycles. The maximum Gasteiger partial charge on any atom is 0.183 e. The van der Waals surface area contributed by atoms with Gasteiger partial charge in [-0.1, -0.05) is 27.3 Å². The number of hydrogen-bond acceptors (Lipinski definition) is 4. The molecule has 0 radical (unpaired) electrons. The van der Waals surface area contributed by atoms with E-state index in [-0.39, 0.29) is 0 Å². The molecule has 16 heavy (non-hydrogen) atoms. The minimum atomic E-state index is -0.754. The molecule has 1 N–H and O–H groups in total. The SMILES string of the molecule is CS(=O)CCNc1nc2cc(Br)ccc2s1. The standard InChI is InChI=1S/C10H11BrN2OS2/c1-16(14)5-4-12-10-13-8-6-7(11)2-3-9(8)15-10/h2-3,6H,4-5H2,1H3,(H,12,13). The second-order valence-corrected chi connectivity index (χ2v) is 6.84. The molecule has 0 amide bonds. The van der Waals surface area contributed by atoms with E-state index < -0.39 is 10.8 Å². The number of aromatic nitrogens is 1. The quantitative estimate of drug-likeness (QED) is 0.942. The summed E-state index contributed by atoms with van der Waals surface area (Å²) < 4.78 is 13.1. The van der Waals surface area contributed by atoms with Gasteiger partial charge in [0.25, 0.3) is 0 Å². The molecule has 1 heterocycles. The Balaban J connectivity index is 2.10. The van der Waals surface area contributed by atoms with Crippen LogP contribution in [-0.4, -0.2) is 27.7 Å². The lowest BCUT2D eigenvalue weighted by atomic mass is 10.3. The summed E-state index contributed by atoms with van der Waals surface area (Å²) in [5.41, 5.74) is 0.986. The van der Waals surface area contributed by atoms with Crippen molar-refractivity contribution in [3.05, 3.63) is 22.7 Å². The van der Waals surface area contributed by atoms with E-state index in [9.17, 15) is 4.21 Å². The first kappa shape index (κ1) is 12.0. The van der Waals surface area contributed by atoms with Gasteiger partial charge in [0.05, 0.1) is 10.2 Å². The zero-order valence-electron chi connectivity index (χ0n) is 8.70. The molecule has 1 aromatic heterocycles. The molecular weight excluding hydrogens is 308 g/mol. The van der Waals surface area contributed by atoms with Crippen molar-refractivity contribution >= 4 is 53.4 Å². The molecule has 0 saturated carbocycles. The van der Waals surface area contributed by atoms with Crippen molar-refractivity contribution in [3.63, 3.8) is 0 Å². The molecule has 0 aliphatic carbocycles. The van der Waals surface area contributed by atoms with Gasteiger partial charge in [-0.2, -0.15) is 0 Å². The smallest absolute Gasteiger partial charge is 0.183 e. The molecule has 2 rings (SSSR count). The van der Waals surface area contributed by atoms with Crippen LogP contribution in [0, 0.1) is 0 Å². The van der Waals surface area contributed by atoms with Crippen molar-refractivity contribution in [2.24, 2.45) is 0 Å². The van der Waals surface area contributed by atoms with Gasteiger partial charge in [0, 0.05) is 33.8 Å². The summed E-state index contributed by atoms with van der Waals surface area (Å²) in [6.07, 6.45) is 1.71. The third-order valence-corrected chi connectivity index (χ3v) is 4.28. The molecule has 0 saturated heterocycles. The molecule has 3 nitrogen and oxygen atoms in total. The zero-order valence-corrected chi connectivity index (χ0v) is 11.9. The van der Waals surface area contributed by atoms with E-state index in [0.717, 1.165) is 19.8 Å². The van der Waals surface area contributed by atoms with E-state index in [1.807, 2.05) is 18.2 Å². The van der Waals surface area contributed by atoms with Crippen LogP contribution < -0.4 is 5.32 Å². The first-order chi connectivity index (χ1) is 7.65. The Bertz CT molecular complexity index is 527. The monoisotopic (exact) mass is 318 g/mol. The fraction of sp³-hybridized carbons (Fsp3) is 0.300. The van der Waals surface area contributed by atoms with E-state index in [1.165, 1.54) is 0 Å². The number of nitrogens with zero attached hydrogens (tertiary/aromatic N) is 1. The fourth-order valence-electron chi connectivity index (χ4n) is 1.28. The molecule has 0 aliphatic rings. The van der Waals surface area contributed by atoms with E-state index in [4.69, 9.17) is 0 Å². The van der Waals surface area contributed by atoms with Crippen LogP contribution in [0.2, 0.25) is 0 Å². The van der Waals surface area contributed by atoms with Crippen molar-refractivity contribution in [3.8, 4) is 0 Å². The van der Waals surface area contributed by atoms with Crippen molar-refractivity contribution in [2.75, 3.05) is 23.9 Å². The van der Waals surface area contributed by atoms with E-state index in [1.54, 1.807) is 17.6 Å². The first-order valence-electron chi connectivity index (χ1n) is 4.75. The van der Waals surface area contributed by atoms with Crippen LogP contribution in [0.25, 0.3) is 10.2 Å². The average Bonchev–Trinajstić information content (AvgIpc) is 2.58. The predicted octanol–water partition coefficient (Wildman–Crippen LogP) is 2.85. The number of rotatable bonds is 4. The van der Waals surface area contributed by atoms with Crippen molar-refractivity contribution in [1.29, 1.82) is 0 Å². The Morgan fingerprint density at radius 3 is 3.12 bits per heavy atom. The maximum absolute atomic E-state index is 10.9. The van der Waals surface area contributed by atoms with Crippen LogP contribution in [0.15, 0.2) is 22.7 Å². The summed E-state index contributed by atoms with van der Waals surface area (Å²) >= 11 is 5.03. The Morgan fingerprint density at radius 1 is 1.56 bits per heavy atom. The first-order valence-corrected chi connectivity index (χ1v) is 8.09. The second kappa shape index (κ2) is 5.25. The van der Waals surface area contributed by atoms with Gasteiger partial charge in [-0.15, -0.1) is 0 Å². The van der Waals surface area contributed by atoms with E-state index in [2.05, 4.69) is 26.2 Å². The summed E-state index contributed by atoms with van der Waals surface area (Å²) in [5.74, 6) is 0.652. The van der Waals surface area contributed by atoms with Crippen molar-refractivity contribution < 1.29 is 4.21 Å². The number of benzene rings is 1. The van der Waals surface area contributed by atoms with Crippen LogP contribution in [0.5, 0.6) is 0 Å². The summed E-state index contributed by atoms with van der Waals surface area (Å²) in [5, 5.41) is 4.07. The maximum atomic E-state index is 10.9. The van der Waals surface area contributed by atoms with Crippen LogP contribution >= 0.6 is 27.3 Å². The topological polar surface area (TPSA) is 42.0 Å². The van der Waals surface area contributed by atoms with Crippen LogP contribution in [0.3, 0.4) is 0 Å². The average molecular weight is 319 g/mol. The Labute approximate surface area is 109 Å². The summed E-state index contributed by atoms with van der Waals surface area (Å²) in [7, 11) is -0.754. The number of fused-ring (bicyclic) bond motifs is 1. The molecule has 1 unspecified atom stereocenters. The van der Waals surface area contributed by atoms with Gasteiger partial charge < -0.3 is 5.32 Å². The Kier molecular flexibility index (Phi) is 3.94. The van der Waals surface area contributed by atoms with Gasteiger partial charge in [0.2, 0.25) is 0 Å². The van der Waals surface area contributed by atoms with E-state index in [0.29, 0.717) is 12.3 Å². The Hall–Kier alpha value is -0.460. The molecule has 0 spiro atoms. The largest absolute Gasteiger partial charge is 0.361 e.